The summed E-state index contributed by atoms with van der Waals surface area (Å²) in [6.07, 6.45) is 1.10. The highest BCUT2D eigenvalue weighted by Crippen LogP contribution is 2.21. The summed E-state index contributed by atoms with van der Waals surface area (Å²) in [5.74, 6) is 0.342. The smallest absolute Gasteiger partial charge is 0.124 e. The first kappa shape index (κ1) is 13.0. The van der Waals surface area contributed by atoms with Gasteiger partial charge in [0.25, 0.3) is 0 Å². The first-order chi connectivity index (χ1) is 7.52. The molecule has 0 saturated heterocycles. The second-order valence-corrected chi connectivity index (χ2v) is 5.22. The number of nitrogens with two attached hydrogens (primary N) is 1. The Hall–Kier alpha value is -1.03. The minimum Gasteiger partial charge on any atom is -0.384 e. The molecule has 1 aromatic carbocycles. The third-order valence-electron chi connectivity index (χ3n) is 2.38. The van der Waals surface area contributed by atoms with E-state index in [-0.39, 0.29) is 11.7 Å². The molecule has 1 atom stereocenters. The van der Waals surface area contributed by atoms with Crippen LogP contribution in [0.3, 0.4) is 0 Å². The Morgan fingerprint density at radius 2 is 2.19 bits per heavy atom. The van der Waals surface area contributed by atoms with E-state index in [1.165, 1.54) is 12.1 Å². The zero-order valence-corrected chi connectivity index (χ0v) is 10.4. The summed E-state index contributed by atoms with van der Waals surface area (Å²) in [6, 6.07) is 4.57. The Bertz CT molecular complexity index is 379. The van der Waals surface area contributed by atoms with E-state index in [0.717, 1.165) is 17.7 Å². The van der Waals surface area contributed by atoms with Gasteiger partial charge in [0.05, 0.1) is 0 Å². The summed E-state index contributed by atoms with van der Waals surface area (Å²) in [5.41, 5.74) is 6.69. The summed E-state index contributed by atoms with van der Waals surface area (Å²) in [4.78, 5) is 0. The van der Waals surface area contributed by atoms with Crippen LogP contribution in [-0.2, 0) is 5.75 Å². The van der Waals surface area contributed by atoms with Gasteiger partial charge in [-0.2, -0.15) is 11.8 Å². The molecule has 0 radical (unpaired) electrons. The molecule has 0 saturated carbocycles. The van der Waals surface area contributed by atoms with Gasteiger partial charge in [-0.15, -0.1) is 0 Å². The van der Waals surface area contributed by atoms with Gasteiger partial charge >= 0.3 is 0 Å². The lowest BCUT2D eigenvalue weighted by Crippen LogP contribution is -2.11. The van der Waals surface area contributed by atoms with E-state index in [9.17, 15) is 4.39 Å². The molecular formula is C12H17FN2S. The van der Waals surface area contributed by atoms with Crippen molar-refractivity contribution in [2.75, 3.05) is 0 Å². The lowest BCUT2D eigenvalue weighted by Gasteiger charge is -2.09. The first-order valence-corrected chi connectivity index (χ1v) is 6.33. The molecule has 4 heteroatoms. The van der Waals surface area contributed by atoms with Crippen LogP contribution in [0.15, 0.2) is 18.2 Å². The van der Waals surface area contributed by atoms with Gasteiger partial charge in [-0.3, -0.25) is 5.41 Å². The molecule has 0 amide bonds. The van der Waals surface area contributed by atoms with Crippen molar-refractivity contribution in [2.24, 2.45) is 5.73 Å². The van der Waals surface area contributed by atoms with Gasteiger partial charge in [0.2, 0.25) is 0 Å². The van der Waals surface area contributed by atoms with E-state index in [0.29, 0.717) is 10.8 Å². The third kappa shape index (κ3) is 3.85. The number of halogens is 1. The Morgan fingerprint density at radius 1 is 1.50 bits per heavy atom. The van der Waals surface area contributed by atoms with Crippen molar-refractivity contribution >= 4 is 17.6 Å². The van der Waals surface area contributed by atoms with Crippen molar-refractivity contribution in [2.45, 2.75) is 31.3 Å². The van der Waals surface area contributed by atoms with Gasteiger partial charge in [0, 0.05) is 16.6 Å². The van der Waals surface area contributed by atoms with E-state index in [1.807, 2.05) is 0 Å². The van der Waals surface area contributed by atoms with Crippen LogP contribution >= 0.6 is 11.8 Å². The summed E-state index contributed by atoms with van der Waals surface area (Å²) < 4.78 is 13.2. The van der Waals surface area contributed by atoms with Gasteiger partial charge in [-0.25, -0.2) is 4.39 Å². The molecule has 0 aromatic heterocycles. The fourth-order valence-corrected chi connectivity index (χ4v) is 2.12. The second kappa shape index (κ2) is 5.89. The predicted octanol–water partition coefficient (Wildman–Crippen LogP) is 3.14. The van der Waals surface area contributed by atoms with Crippen molar-refractivity contribution in [3.8, 4) is 0 Å². The number of rotatable bonds is 5. The first-order valence-electron chi connectivity index (χ1n) is 5.28. The number of thioether (sulfide) groups is 1. The number of amidine groups is 1. The Balaban J connectivity index is 2.76. The average Bonchev–Trinajstić information content (AvgIpc) is 2.25. The molecule has 0 aliphatic carbocycles. The quantitative estimate of drug-likeness (QED) is 0.613. The molecular weight excluding hydrogens is 223 g/mol. The van der Waals surface area contributed by atoms with Crippen LogP contribution in [-0.4, -0.2) is 11.1 Å². The highest BCUT2D eigenvalue weighted by molar-refractivity contribution is 7.99. The van der Waals surface area contributed by atoms with Gasteiger partial charge < -0.3 is 5.73 Å². The zero-order chi connectivity index (χ0) is 12.1. The molecule has 2 nitrogen and oxygen atoms in total. The molecule has 0 spiro atoms. The topological polar surface area (TPSA) is 49.9 Å². The van der Waals surface area contributed by atoms with Gasteiger partial charge in [-0.05, 0) is 30.2 Å². The van der Waals surface area contributed by atoms with Crippen LogP contribution in [0.25, 0.3) is 0 Å². The normalized spacial score (nSPS) is 12.4. The predicted molar refractivity (Wildman–Crippen MR) is 68.5 cm³/mol. The largest absolute Gasteiger partial charge is 0.384 e. The van der Waals surface area contributed by atoms with Crippen LogP contribution < -0.4 is 5.73 Å². The third-order valence-corrected chi connectivity index (χ3v) is 3.78. The molecule has 0 heterocycles. The maximum absolute atomic E-state index is 13.2. The summed E-state index contributed by atoms with van der Waals surface area (Å²) in [5, 5.41) is 7.85. The van der Waals surface area contributed by atoms with E-state index < -0.39 is 0 Å². The number of hydrogen-bond donors (Lipinski definition) is 2. The van der Waals surface area contributed by atoms with Gasteiger partial charge in [0.1, 0.15) is 11.7 Å². The Morgan fingerprint density at radius 3 is 2.75 bits per heavy atom. The highest BCUT2D eigenvalue weighted by atomic mass is 32.2. The van der Waals surface area contributed by atoms with E-state index >= 15 is 0 Å². The lowest BCUT2D eigenvalue weighted by atomic mass is 10.1. The maximum Gasteiger partial charge on any atom is 0.124 e. The van der Waals surface area contributed by atoms with Gasteiger partial charge in [-0.1, -0.05) is 13.8 Å². The van der Waals surface area contributed by atoms with Crippen LogP contribution in [0.1, 0.15) is 31.4 Å². The molecule has 3 N–H and O–H groups in total. The molecule has 1 unspecified atom stereocenters. The van der Waals surface area contributed by atoms with Crippen molar-refractivity contribution in [3.63, 3.8) is 0 Å². The Labute approximate surface area is 99.9 Å². The molecule has 1 rings (SSSR count). The number of nitrogens with one attached hydrogen (secondary N) is 1. The number of hydrogen-bond acceptors (Lipinski definition) is 2. The molecule has 0 fully saturated rings. The molecule has 0 aliphatic heterocycles. The summed E-state index contributed by atoms with van der Waals surface area (Å²) in [7, 11) is 0. The summed E-state index contributed by atoms with van der Waals surface area (Å²) in [6.45, 7) is 4.28. The molecule has 88 valence electrons. The lowest BCUT2D eigenvalue weighted by molar-refractivity contribution is 0.626. The van der Waals surface area contributed by atoms with Crippen LogP contribution in [0.2, 0.25) is 0 Å². The average molecular weight is 240 g/mol. The standard InChI is InChI=1S/C12H17FN2S/c1-3-8(2)16-7-9-4-10(12(14)15)6-11(13)5-9/h4-6,8H,3,7H2,1-2H3,(H3,14,15). The van der Waals surface area contributed by atoms with Crippen molar-refractivity contribution in [1.82, 2.24) is 0 Å². The van der Waals surface area contributed by atoms with E-state index in [2.05, 4.69) is 13.8 Å². The monoisotopic (exact) mass is 240 g/mol. The van der Waals surface area contributed by atoms with E-state index in [4.69, 9.17) is 11.1 Å². The van der Waals surface area contributed by atoms with Gasteiger partial charge in [0.15, 0.2) is 0 Å². The molecule has 0 aliphatic rings. The minimum absolute atomic E-state index is 0.0886. The minimum atomic E-state index is -0.326. The fraction of sp³-hybridized carbons (Fsp3) is 0.417. The van der Waals surface area contributed by atoms with Crippen molar-refractivity contribution in [3.05, 3.63) is 35.1 Å². The number of benzene rings is 1. The van der Waals surface area contributed by atoms with Crippen molar-refractivity contribution in [1.29, 1.82) is 5.41 Å². The van der Waals surface area contributed by atoms with E-state index in [1.54, 1.807) is 17.8 Å². The van der Waals surface area contributed by atoms with Crippen LogP contribution in [0, 0.1) is 11.2 Å². The Kier molecular flexibility index (Phi) is 4.80. The highest BCUT2D eigenvalue weighted by Gasteiger charge is 2.05. The number of nitrogen functional groups attached to an aromatic ring is 1. The molecule has 16 heavy (non-hydrogen) atoms. The second-order valence-electron chi connectivity index (χ2n) is 3.79. The summed E-state index contributed by atoms with van der Waals surface area (Å²) >= 11 is 1.78. The van der Waals surface area contributed by atoms with Crippen molar-refractivity contribution < 1.29 is 4.39 Å². The zero-order valence-electron chi connectivity index (χ0n) is 9.59. The molecule has 1 aromatic rings. The van der Waals surface area contributed by atoms with Crippen LogP contribution in [0.5, 0.6) is 0 Å². The molecule has 0 bridgehead atoms. The maximum atomic E-state index is 13.2. The van der Waals surface area contributed by atoms with Crippen LogP contribution in [0.4, 0.5) is 4.39 Å². The fourth-order valence-electron chi connectivity index (χ4n) is 1.25. The SMILES string of the molecule is CCC(C)SCc1cc(F)cc(C(=N)N)c1.